The largest absolute Gasteiger partial charge is 0.494 e. The predicted octanol–water partition coefficient (Wildman–Crippen LogP) is 2.80. The highest BCUT2D eigenvalue weighted by molar-refractivity contribution is 6.00. The van der Waals surface area contributed by atoms with E-state index in [2.05, 4.69) is 15.4 Å². The SMILES string of the molecule is COc1cc(C(=O)NCC(=O)Nc2ccc(N3CCCC3=O)c(OC)c2)ccc1OC(F)F. The highest BCUT2D eigenvalue weighted by Crippen LogP contribution is 2.34. The molecule has 2 aromatic rings. The third-order valence-corrected chi connectivity index (χ3v) is 4.88. The number of nitrogens with one attached hydrogen (secondary N) is 2. The quantitative estimate of drug-likeness (QED) is 0.593. The van der Waals surface area contributed by atoms with Crippen molar-refractivity contribution < 1.29 is 37.4 Å². The maximum absolute atomic E-state index is 12.4. The van der Waals surface area contributed by atoms with E-state index in [-0.39, 0.29) is 29.5 Å². The van der Waals surface area contributed by atoms with Crippen molar-refractivity contribution in [3.05, 3.63) is 42.0 Å². The molecule has 33 heavy (non-hydrogen) atoms. The zero-order valence-electron chi connectivity index (χ0n) is 18.0. The number of carbonyl (C=O) groups is 3. The van der Waals surface area contributed by atoms with Gasteiger partial charge in [-0.2, -0.15) is 8.78 Å². The second-order valence-corrected chi connectivity index (χ2v) is 7.01. The molecule has 0 spiro atoms. The standard InChI is InChI=1S/C22H23F2N3O6/c1-31-17-11-14(6-7-15(17)27-9-3-4-20(27)29)26-19(28)12-25-21(30)13-5-8-16(33-22(23)24)18(10-13)32-2/h5-8,10-11,22H,3-4,9,12H2,1-2H3,(H,25,30)(H,26,28). The number of hydrogen-bond acceptors (Lipinski definition) is 6. The number of ether oxygens (including phenoxy) is 3. The fourth-order valence-electron chi connectivity index (χ4n) is 3.35. The summed E-state index contributed by atoms with van der Waals surface area (Å²) >= 11 is 0. The third-order valence-electron chi connectivity index (χ3n) is 4.88. The van der Waals surface area contributed by atoms with Crippen LogP contribution in [0.1, 0.15) is 23.2 Å². The van der Waals surface area contributed by atoms with Gasteiger partial charge in [0.1, 0.15) is 5.75 Å². The van der Waals surface area contributed by atoms with E-state index in [1.54, 1.807) is 23.1 Å². The average molecular weight is 463 g/mol. The number of halogens is 2. The lowest BCUT2D eigenvalue weighted by atomic mass is 10.2. The van der Waals surface area contributed by atoms with Crippen LogP contribution in [0.5, 0.6) is 17.2 Å². The lowest BCUT2D eigenvalue weighted by Gasteiger charge is -2.19. The number of carbonyl (C=O) groups excluding carboxylic acids is 3. The Morgan fingerprint density at radius 3 is 2.45 bits per heavy atom. The Labute approximate surface area is 188 Å². The van der Waals surface area contributed by atoms with Crippen molar-refractivity contribution in [2.45, 2.75) is 19.5 Å². The Kier molecular flexibility index (Phi) is 7.65. The van der Waals surface area contributed by atoms with Gasteiger partial charge in [0.15, 0.2) is 11.5 Å². The van der Waals surface area contributed by atoms with Gasteiger partial charge in [-0.25, -0.2) is 0 Å². The van der Waals surface area contributed by atoms with Crippen molar-refractivity contribution in [1.29, 1.82) is 0 Å². The van der Waals surface area contributed by atoms with Crippen molar-refractivity contribution in [2.24, 2.45) is 0 Å². The third kappa shape index (κ3) is 5.88. The number of benzene rings is 2. The number of hydrogen-bond donors (Lipinski definition) is 2. The molecule has 176 valence electrons. The van der Waals surface area contributed by atoms with Crippen molar-refractivity contribution in [3.63, 3.8) is 0 Å². The van der Waals surface area contributed by atoms with Gasteiger partial charge in [-0.3, -0.25) is 14.4 Å². The van der Waals surface area contributed by atoms with E-state index in [9.17, 15) is 23.2 Å². The van der Waals surface area contributed by atoms with Gasteiger partial charge < -0.3 is 29.7 Å². The van der Waals surface area contributed by atoms with E-state index >= 15 is 0 Å². The predicted molar refractivity (Wildman–Crippen MR) is 115 cm³/mol. The summed E-state index contributed by atoms with van der Waals surface area (Å²) in [5, 5.41) is 5.08. The molecule has 0 bridgehead atoms. The first-order valence-corrected chi connectivity index (χ1v) is 10.0. The highest BCUT2D eigenvalue weighted by atomic mass is 19.3. The number of anilines is 2. The minimum Gasteiger partial charge on any atom is -0.494 e. The molecule has 1 aliphatic rings. The van der Waals surface area contributed by atoms with Crippen molar-refractivity contribution in [2.75, 3.05) is 37.5 Å². The van der Waals surface area contributed by atoms with Gasteiger partial charge in [0.05, 0.1) is 26.5 Å². The van der Waals surface area contributed by atoms with Crippen LogP contribution < -0.4 is 29.7 Å². The van der Waals surface area contributed by atoms with Crippen LogP contribution in [0.4, 0.5) is 20.2 Å². The summed E-state index contributed by atoms with van der Waals surface area (Å²) in [5.41, 5.74) is 1.15. The maximum atomic E-state index is 12.4. The van der Waals surface area contributed by atoms with Gasteiger partial charge in [0, 0.05) is 30.3 Å². The first kappa shape index (κ1) is 23.8. The minimum atomic E-state index is -3.04. The van der Waals surface area contributed by atoms with Gasteiger partial charge >= 0.3 is 6.61 Å². The Morgan fingerprint density at radius 1 is 1.06 bits per heavy atom. The van der Waals surface area contributed by atoms with E-state index in [1.165, 1.54) is 32.4 Å². The second-order valence-electron chi connectivity index (χ2n) is 7.01. The van der Waals surface area contributed by atoms with Gasteiger partial charge in [-0.05, 0) is 36.8 Å². The molecule has 0 aromatic heterocycles. The summed E-state index contributed by atoms with van der Waals surface area (Å²) in [5.74, 6) is -0.915. The summed E-state index contributed by atoms with van der Waals surface area (Å²) in [7, 11) is 2.72. The molecule has 1 heterocycles. The molecule has 0 atom stereocenters. The Morgan fingerprint density at radius 2 is 1.82 bits per heavy atom. The van der Waals surface area contributed by atoms with E-state index in [0.717, 1.165) is 6.42 Å². The van der Waals surface area contributed by atoms with Crippen LogP contribution in [0.2, 0.25) is 0 Å². The first-order valence-electron chi connectivity index (χ1n) is 10.0. The molecular formula is C22H23F2N3O6. The molecule has 3 amide bonds. The normalized spacial score (nSPS) is 13.1. The minimum absolute atomic E-state index is 0.0122. The van der Waals surface area contributed by atoms with Crippen LogP contribution in [0.25, 0.3) is 0 Å². The number of rotatable bonds is 9. The smallest absolute Gasteiger partial charge is 0.387 e. The fourth-order valence-corrected chi connectivity index (χ4v) is 3.35. The molecule has 0 radical (unpaired) electrons. The van der Waals surface area contributed by atoms with Crippen LogP contribution in [0.3, 0.4) is 0 Å². The monoisotopic (exact) mass is 463 g/mol. The Bertz CT molecular complexity index is 1050. The van der Waals surface area contributed by atoms with Crippen LogP contribution >= 0.6 is 0 Å². The number of methoxy groups -OCH3 is 2. The van der Waals surface area contributed by atoms with Gasteiger partial charge in [-0.15, -0.1) is 0 Å². The van der Waals surface area contributed by atoms with Crippen LogP contribution in [0.15, 0.2) is 36.4 Å². The van der Waals surface area contributed by atoms with Crippen LogP contribution in [0, 0.1) is 0 Å². The molecule has 9 nitrogen and oxygen atoms in total. The van der Waals surface area contributed by atoms with Gasteiger partial charge in [0.25, 0.3) is 5.91 Å². The first-order chi connectivity index (χ1) is 15.8. The van der Waals surface area contributed by atoms with Gasteiger partial charge in [-0.1, -0.05) is 0 Å². The Balaban J connectivity index is 1.60. The molecule has 1 saturated heterocycles. The van der Waals surface area contributed by atoms with Gasteiger partial charge in [0.2, 0.25) is 11.8 Å². The fraction of sp³-hybridized carbons (Fsp3) is 0.318. The van der Waals surface area contributed by atoms with Crippen molar-refractivity contribution in [1.82, 2.24) is 5.32 Å². The van der Waals surface area contributed by atoms with Crippen molar-refractivity contribution >= 4 is 29.1 Å². The molecule has 1 fully saturated rings. The second kappa shape index (κ2) is 10.6. The summed E-state index contributed by atoms with van der Waals surface area (Å²) in [6.45, 7) is -2.77. The Hall–Kier alpha value is -3.89. The van der Waals surface area contributed by atoms with E-state index in [4.69, 9.17) is 9.47 Å². The van der Waals surface area contributed by atoms with E-state index in [1.807, 2.05) is 0 Å². The molecule has 2 N–H and O–H groups in total. The summed E-state index contributed by atoms with van der Waals surface area (Å²) in [4.78, 5) is 38.2. The van der Waals surface area contributed by atoms with Crippen LogP contribution in [-0.2, 0) is 9.59 Å². The topological polar surface area (TPSA) is 106 Å². The van der Waals surface area contributed by atoms with E-state index in [0.29, 0.717) is 30.1 Å². The van der Waals surface area contributed by atoms with Crippen LogP contribution in [-0.4, -0.2) is 51.6 Å². The molecule has 3 rings (SSSR count). The maximum Gasteiger partial charge on any atom is 0.387 e. The molecule has 2 aromatic carbocycles. The molecule has 0 saturated carbocycles. The van der Waals surface area contributed by atoms with Crippen molar-refractivity contribution in [3.8, 4) is 17.2 Å². The lowest BCUT2D eigenvalue weighted by Crippen LogP contribution is -2.32. The number of amides is 3. The zero-order chi connectivity index (χ0) is 24.0. The lowest BCUT2D eigenvalue weighted by molar-refractivity contribution is -0.117. The number of alkyl halides is 2. The number of nitrogens with zero attached hydrogens (tertiary/aromatic N) is 1. The summed E-state index contributed by atoms with van der Waals surface area (Å²) in [6, 6.07) is 8.60. The summed E-state index contributed by atoms with van der Waals surface area (Å²) < 4.78 is 39.5. The zero-order valence-corrected chi connectivity index (χ0v) is 18.0. The summed E-state index contributed by atoms with van der Waals surface area (Å²) in [6.07, 6.45) is 1.25. The van der Waals surface area contributed by atoms with E-state index < -0.39 is 18.4 Å². The molecule has 11 heteroatoms. The highest BCUT2D eigenvalue weighted by Gasteiger charge is 2.24. The molecule has 1 aliphatic heterocycles. The average Bonchev–Trinajstić information content (AvgIpc) is 3.22. The molecule has 0 unspecified atom stereocenters. The molecular weight excluding hydrogens is 440 g/mol. The molecule has 0 aliphatic carbocycles.